The molecule has 2 aromatic heterocycles. The van der Waals surface area contributed by atoms with Crippen molar-refractivity contribution in [2.45, 2.75) is 65.5 Å². The van der Waals surface area contributed by atoms with Gasteiger partial charge in [0.1, 0.15) is 17.4 Å². The fraction of sp³-hybridized carbons (Fsp3) is 0.706. The topological polar surface area (TPSA) is 68.8 Å². The minimum absolute atomic E-state index is 0.00992. The van der Waals surface area contributed by atoms with Crippen molar-refractivity contribution in [2.75, 3.05) is 6.54 Å². The molecule has 0 unspecified atom stereocenters. The second-order valence-electron chi connectivity index (χ2n) is 7.40. The molecule has 0 fully saturated rings. The highest BCUT2D eigenvalue weighted by atomic mass is 16.4. The summed E-state index contributed by atoms with van der Waals surface area (Å²) in [6, 6.07) is 0. The lowest BCUT2D eigenvalue weighted by Gasteiger charge is -2.24. The number of hydrogen-bond donors (Lipinski definition) is 1. The molecule has 0 radical (unpaired) electrons. The SMILES string of the molecule is CCc1nnc2n1C[C@@H](CNCc1ncc(C(C)(C)C)o1)CC2. The number of aromatic nitrogens is 4. The average Bonchev–Trinajstić information content (AvgIpc) is 3.13. The molecule has 1 N–H and O–H groups in total. The lowest BCUT2D eigenvalue weighted by Crippen LogP contribution is -2.30. The molecule has 0 bridgehead atoms. The van der Waals surface area contributed by atoms with E-state index in [2.05, 4.69) is 52.8 Å². The number of nitrogens with one attached hydrogen (secondary N) is 1. The van der Waals surface area contributed by atoms with E-state index in [9.17, 15) is 0 Å². The van der Waals surface area contributed by atoms with Gasteiger partial charge in [-0.05, 0) is 12.3 Å². The van der Waals surface area contributed by atoms with Gasteiger partial charge in [0.05, 0.1) is 12.7 Å². The molecule has 1 aliphatic rings. The normalized spacial score (nSPS) is 18.2. The molecule has 6 nitrogen and oxygen atoms in total. The van der Waals surface area contributed by atoms with Gasteiger partial charge in [0, 0.05) is 31.3 Å². The van der Waals surface area contributed by atoms with Crippen LogP contribution in [0.4, 0.5) is 0 Å². The molecule has 0 saturated heterocycles. The smallest absolute Gasteiger partial charge is 0.208 e. The maximum Gasteiger partial charge on any atom is 0.208 e. The first-order chi connectivity index (χ1) is 11.0. The number of aryl methyl sites for hydroxylation is 2. The second kappa shape index (κ2) is 6.43. The van der Waals surface area contributed by atoms with Crippen LogP contribution in [0, 0.1) is 5.92 Å². The summed E-state index contributed by atoms with van der Waals surface area (Å²) in [4.78, 5) is 4.37. The predicted octanol–water partition coefficient (Wildman–Crippen LogP) is 2.48. The van der Waals surface area contributed by atoms with E-state index in [0.717, 1.165) is 55.7 Å². The quantitative estimate of drug-likeness (QED) is 0.917. The van der Waals surface area contributed by atoms with Crippen molar-refractivity contribution in [1.82, 2.24) is 25.1 Å². The van der Waals surface area contributed by atoms with Crippen molar-refractivity contribution in [3.05, 3.63) is 29.5 Å². The van der Waals surface area contributed by atoms with E-state index in [4.69, 9.17) is 4.42 Å². The van der Waals surface area contributed by atoms with Gasteiger partial charge in [-0.25, -0.2) is 4.98 Å². The Bertz CT molecular complexity index is 639. The molecule has 2 aromatic rings. The number of fused-ring (bicyclic) bond motifs is 1. The highest BCUT2D eigenvalue weighted by Crippen LogP contribution is 2.23. The Kier molecular flexibility index (Phi) is 4.53. The van der Waals surface area contributed by atoms with Gasteiger partial charge in [-0.3, -0.25) is 0 Å². The monoisotopic (exact) mass is 317 g/mol. The third-order valence-electron chi connectivity index (χ3n) is 4.44. The van der Waals surface area contributed by atoms with Gasteiger partial charge in [0.2, 0.25) is 5.89 Å². The standard InChI is InChI=1S/C17H27N5O/c1-5-14-20-21-15-7-6-12(11-22(14)15)8-18-10-16-19-9-13(23-16)17(2,3)4/h9,12,18H,5-8,10-11H2,1-4H3/t12-/m1/s1. The summed E-state index contributed by atoms with van der Waals surface area (Å²) in [5.74, 6) is 4.56. The third kappa shape index (κ3) is 3.63. The van der Waals surface area contributed by atoms with Crippen LogP contribution < -0.4 is 5.32 Å². The fourth-order valence-corrected chi connectivity index (χ4v) is 3.00. The lowest BCUT2D eigenvalue weighted by atomic mass is 9.94. The Labute approximate surface area is 137 Å². The summed E-state index contributed by atoms with van der Waals surface area (Å²) >= 11 is 0. The second-order valence-corrected chi connectivity index (χ2v) is 7.40. The van der Waals surface area contributed by atoms with E-state index in [1.807, 2.05) is 6.20 Å². The first-order valence-electron chi connectivity index (χ1n) is 8.54. The van der Waals surface area contributed by atoms with Crippen molar-refractivity contribution in [3.63, 3.8) is 0 Å². The molecule has 126 valence electrons. The fourth-order valence-electron chi connectivity index (χ4n) is 3.00. The Morgan fingerprint density at radius 2 is 2.17 bits per heavy atom. The van der Waals surface area contributed by atoms with Crippen LogP contribution in [0.15, 0.2) is 10.6 Å². The van der Waals surface area contributed by atoms with Crippen LogP contribution in [0.25, 0.3) is 0 Å². The number of nitrogens with zero attached hydrogens (tertiary/aromatic N) is 4. The van der Waals surface area contributed by atoms with Gasteiger partial charge in [-0.15, -0.1) is 10.2 Å². The molecule has 1 atom stereocenters. The summed E-state index contributed by atoms with van der Waals surface area (Å²) in [5, 5.41) is 12.0. The highest BCUT2D eigenvalue weighted by Gasteiger charge is 2.22. The molecule has 3 rings (SSSR count). The summed E-state index contributed by atoms with van der Waals surface area (Å²) in [6.45, 7) is 11.2. The lowest BCUT2D eigenvalue weighted by molar-refractivity contribution is 0.328. The predicted molar refractivity (Wildman–Crippen MR) is 88.1 cm³/mol. The van der Waals surface area contributed by atoms with Crippen LogP contribution in [0.2, 0.25) is 0 Å². The van der Waals surface area contributed by atoms with Gasteiger partial charge < -0.3 is 14.3 Å². The Balaban J connectivity index is 1.51. The molecule has 23 heavy (non-hydrogen) atoms. The molecule has 0 saturated carbocycles. The number of oxazole rings is 1. The van der Waals surface area contributed by atoms with Crippen molar-refractivity contribution in [2.24, 2.45) is 5.92 Å². The van der Waals surface area contributed by atoms with Crippen LogP contribution in [-0.4, -0.2) is 26.3 Å². The molecule has 1 aliphatic heterocycles. The van der Waals surface area contributed by atoms with E-state index >= 15 is 0 Å². The van der Waals surface area contributed by atoms with Crippen molar-refractivity contribution in [1.29, 1.82) is 0 Å². The van der Waals surface area contributed by atoms with E-state index in [1.165, 1.54) is 0 Å². The molecule has 0 spiro atoms. The molecular formula is C17H27N5O. The van der Waals surface area contributed by atoms with E-state index in [-0.39, 0.29) is 5.41 Å². The molecule has 6 heteroatoms. The maximum absolute atomic E-state index is 5.82. The van der Waals surface area contributed by atoms with E-state index in [1.54, 1.807) is 0 Å². The summed E-state index contributed by atoms with van der Waals surface area (Å²) in [5.41, 5.74) is 0.00992. The third-order valence-corrected chi connectivity index (χ3v) is 4.44. The van der Waals surface area contributed by atoms with Gasteiger partial charge in [0.15, 0.2) is 0 Å². The van der Waals surface area contributed by atoms with Crippen LogP contribution >= 0.6 is 0 Å². The Morgan fingerprint density at radius 1 is 1.35 bits per heavy atom. The van der Waals surface area contributed by atoms with Crippen LogP contribution in [0.3, 0.4) is 0 Å². The van der Waals surface area contributed by atoms with Gasteiger partial charge >= 0.3 is 0 Å². The highest BCUT2D eigenvalue weighted by molar-refractivity contribution is 5.06. The molecular weight excluding hydrogens is 290 g/mol. The zero-order chi connectivity index (χ0) is 16.4. The van der Waals surface area contributed by atoms with Crippen LogP contribution in [0.5, 0.6) is 0 Å². The van der Waals surface area contributed by atoms with E-state index in [0.29, 0.717) is 12.5 Å². The van der Waals surface area contributed by atoms with Crippen LogP contribution in [0.1, 0.15) is 57.4 Å². The molecule has 3 heterocycles. The number of hydrogen-bond acceptors (Lipinski definition) is 5. The van der Waals surface area contributed by atoms with Gasteiger partial charge in [-0.1, -0.05) is 27.7 Å². The summed E-state index contributed by atoms with van der Waals surface area (Å²) in [6.07, 6.45) is 4.97. The zero-order valence-corrected chi connectivity index (χ0v) is 14.6. The maximum atomic E-state index is 5.82. The zero-order valence-electron chi connectivity index (χ0n) is 14.6. The van der Waals surface area contributed by atoms with Gasteiger partial charge in [-0.2, -0.15) is 0 Å². The van der Waals surface area contributed by atoms with Crippen molar-refractivity contribution < 1.29 is 4.42 Å². The number of rotatable bonds is 5. The van der Waals surface area contributed by atoms with Crippen LogP contribution in [-0.2, 0) is 31.3 Å². The van der Waals surface area contributed by atoms with Crippen molar-refractivity contribution in [3.8, 4) is 0 Å². The minimum Gasteiger partial charge on any atom is -0.444 e. The van der Waals surface area contributed by atoms with E-state index < -0.39 is 0 Å². The minimum atomic E-state index is 0.00992. The van der Waals surface area contributed by atoms with Gasteiger partial charge in [0.25, 0.3) is 0 Å². The molecule has 0 aliphatic carbocycles. The first kappa shape index (κ1) is 16.2. The Hall–Kier alpha value is -1.69. The summed E-state index contributed by atoms with van der Waals surface area (Å²) in [7, 11) is 0. The Morgan fingerprint density at radius 3 is 2.87 bits per heavy atom. The van der Waals surface area contributed by atoms with Crippen molar-refractivity contribution >= 4 is 0 Å². The summed E-state index contributed by atoms with van der Waals surface area (Å²) < 4.78 is 8.11. The molecule has 0 amide bonds. The largest absolute Gasteiger partial charge is 0.444 e. The first-order valence-corrected chi connectivity index (χ1v) is 8.54. The average molecular weight is 317 g/mol. The molecule has 0 aromatic carbocycles.